The molecule has 0 saturated heterocycles. The van der Waals surface area contributed by atoms with Crippen molar-refractivity contribution in [1.29, 1.82) is 0 Å². The van der Waals surface area contributed by atoms with E-state index in [0.29, 0.717) is 11.5 Å². The van der Waals surface area contributed by atoms with E-state index in [0.717, 1.165) is 17.3 Å². The Balaban J connectivity index is 2.33. The van der Waals surface area contributed by atoms with Crippen LogP contribution in [0.1, 0.15) is 51.1 Å². The molecule has 0 radical (unpaired) electrons. The zero-order valence-corrected chi connectivity index (χ0v) is 12.9. The van der Waals surface area contributed by atoms with E-state index in [9.17, 15) is 0 Å². The molecule has 0 aliphatic heterocycles. The van der Waals surface area contributed by atoms with E-state index in [1.165, 1.54) is 31.2 Å². The first-order valence-electron chi connectivity index (χ1n) is 7.17. The third-order valence-electron chi connectivity index (χ3n) is 4.37. The molecule has 1 atom stereocenters. The van der Waals surface area contributed by atoms with Gasteiger partial charge in [-0.1, -0.05) is 44.4 Å². The van der Waals surface area contributed by atoms with Gasteiger partial charge in [-0.25, -0.2) is 0 Å². The van der Waals surface area contributed by atoms with Gasteiger partial charge in [0, 0.05) is 11.1 Å². The van der Waals surface area contributed by atoms with Crippen molar-refractivity contribution < 1.29 is 4.74 Å². The van der Waals surface area contributed by atoms with E-state index in [-0.39, 0.29) is 0 Å². The molecule has 3 heteroatoms. The number of hydrogen-bond donors (Lipinski definition) is 1. The first kappa shape index (κ1) is 14.7. The summed E-state index contributed by atoms with van der Waals surface area (Å²) >= 11 is 6.46. The molecule has 106 valence electrons. The predicted octanol–water partition coefficient (Wildman–Crippen LogP) is 4.58. The first-order chi connectivity index (χ1) is 9.10. The summed E-state index contributed by atoms with van der Waals surface area (Å²) in [5, 5.41) is 4.44. The summed E-state index contributed by atoms with van der Waals surface area (Å²) < 4.78 is 5.24. The van der Waals surface area contributed by atoms with Crippen LogP contribution in [0.5, 0.6) is 5.75 Å². The molecule has 2 nitrogen and oxygen atoms in total. The third kappa shape index (κ3) is 3.06. The van der Waals surface area contributed by atoms with Crippen molar-refractivity contribution in [3.05, 3.63) is 28.8 Å². The van der Waals surface area contributed by atoms with Crippen molar-refractivity contribution in [3.63, 3.8) is 0 Å². The minimum Gasteiger partial charge on any atom is -0.497 e. The molecule has 1 aliphatic carbocycles. The van der Waals surface area contributed by atoms with Gasteiger partial charge < -0.3 is 10.1 Å². The second kappa shape index (κ2) is 6.15. The average molecular weight is 282 g/mol. The van der Waals surface area contributed by atoms with Gasteiger partial charge in [0.25, 0.3) is 0 Å². The summed E-state index contributed by atoms with van der Waals surface area (Å²) in [7, 11) is 1.67. The topological polar surface area (TPSA) is 21.3 Å². The maximum atomic E-state index is 6.46. The van der Waals surface area contributed by atoms with E-state index in [1.54, 1.807) is 7.11 Å². The highest BCUT2D eigenvalue weighted by atomic mass is 35.5. The Morgan fingerprint density at radius 1 is 1.37 bits per heavy atom. The molecule has 0 bridgehead atoms. The zero-order chi connectivity index (χ0) is 13.9. The van der Waals surface area contributed by atoms with Crippen LogP contribution in [-0.4, -0.2) is 13.7 Å². The van der Waals surface area contributed by atoms with Gasteiger partial charge in [0.05, 0.1) is 7.11 Å². The van der Waals surface area contributed by atoms with Crippen LogP contribution in [0.4, 0.5) is 0 Å². The minimum absolute atomic E-state index is 0.314. The molecule has 1 saturated carbocycles. The molecule has 1 aromatic rings. The molecule has 1 aliphatic rings. The fourth-order valence-electron chi connectivity index (χ4n) is 3.28. The van der Waals surface area contributed by atoms with Crippen LogP contribution in [-0.2, 0) is 0 Å². The van der Waals surface area contributed by atoms with E-state index < -0.39 is 0 Å². The number of methoxy groups -OCH3 is 1. The quantitative estimate of drug-likeness (QED) is 0.853. The molecule has 0 aromatic heterocycles. The van der Waals surface area contributed by atoms with Crippen LogP contribution in [0.15, 0.2) is 18.2 Å². The lowest BCUT2D eigenvalue weighted by Gasteiger charge is -2.35. The lowest BCUT2D eigenvalue weighted by molar-refractivity contribution is 0.226. The normalized spacial score (nSPS) is 19.4. The molecule has 2 rings (SSSR count). The Bertz CT molecular complexity index is 427. The van der Waals surface area contributed by atoms with Gasteiger partial charge in [-0.05, 0) is 42.5 Å². The number of hydrogen-bond acceptors (Lipinski definition) is 2. The van der Waals surface area contributed by atoms with Gasteiger partial charge in [-0.2, -0.15) is 0 Å². The zero-order valence-electron chi connectivity index (χ0n) is 12.1. The highest BCUT2D eigenvalue weighted by Gasteiger charge is 2.38. The van der Waals surface area contributed by atoms with Crippen molar-refractivity contribution in [2.24, 2.45) is 5.41 Å². The summed E-state index contributed by atoms with van der Waals surface area (Å²) in [6, 6.07) is 6.36. The number of rotatable bonds is 5. The maximum Gasteiger partial charge on any atom is 0.120 e. The molecular formula is C16H24ClNO. The van der Waals surface area contributed by atoms with Crippen molar-refractivity contribution in [2.75, 3.05) is 13.7 Å². The predicted molar refractivity (Wildman–Crippen MR) is 81.0 cm³/mol. The van der Waals surface area contributed by atoms with Gasteiger partial charge in [0.2, 0.25) is 0 Å². The second-order valence-corrected chi connectivity index (χ2v) is 6.15. The van der Waals surface area contributed by atoms with Crippen molar-refractivity contribution >= 4 is 11.6 Å². The standard InChI is InChI=1S/C16H24ClNO/c1-4-18-15(16(2)9-5-6-10-16)13-8-7-12(19-3)11-14(13)17/h7-8,11,15,18H,4-6,9-10H2,1-3H3. The van der Waals surface area contributed by atoms with Crippen molar-refractivity contribution in [2.45, 2.75) is 45.6 Å². The molecule has 1 fully saturated rings. The summed E-state index contributed by atoms with van der Waals surface area (Å²) in [5.74, 6) is 0.820. The third-order valence-corrected chi connectivity index (χ3v) is 4.70. The van der Waals surface area contributed by atoms with Crippen LogP contribution >= 0.6 is 11.6 Å². The van der Waals surface area contributed by atoms with Gasteiger partial charge in [-0.3, -0.25) is 0 Å². The first-order valence-corrected chi connectivity index (χ1v) is 7.55. The van der Waals surface area contributed by atoms with Gasteiger partial charge in [0.1, 0.15) is 5.75 Å². The molecule has 0 amide bonds. The summed E-state index contributed by atoms with van der Waals surface area (Å²) in [6.45, 7) is 5.50. The lowest BCUT2D eigenvalue weighted by Crippen LogP contribution is -2.34. The lowest BCUT2D eigenvalue weighted by atomic mass is 9.77. The number of ether oxygens (including phenoxy) is 1. The van der Waals surface area contributed by atoms with E-state index in [1.807, 2.05) is 12.1 Å². The maximum absolute atomic E-state index is 6.46. The Kier molecular flexibility index (Phi) is 4.75. The van der Waals surface area contributed by atoms with Crippen molar-refractivity contribution in [3.8, 4) is 5.75 Å². The van der Waals surface area contributed by atoms with E-state index in [4.69, 9.17) is 16.3 Å². The summed E-state index contributed by atoms with van der Waals surface area (Å²) in [4.78, 5) is 0. The van der Waals surface area contributed by atoms with E-state index >= 15 is 0 Å². The average Bonchev–Trinajstić information content (AvgIpc) is 2.84. The Morgan fingerprint density at radius 3 is 2.58 bits per heavy atom. The Hall–Kier alpha value is -0.730. The Morgan fingerprint density at radius 2 is 2.05 bits per heavy atom. The Labute approximate surface area is 121 Å². The number of benzene rings is 1. The second-order valence-electron chi connectivity index (χ2n) is 5.74. The summed E-state index contributed by atoms with van der Waals surface area (Å²) in [5.41, 5.74) is 1.52. The van der Waals surface area contributed by atoms with Gasteiger partial charge >= 0.3 is 0 Å². The fraction of sp³-hybridized carbons (Fsp3) is 0.625. The minimum atomic E-state index is 0.314. The molecule has 19 heavy (non-hydrogen) atoms. The molecule has 1 aromatic carbocycles. The van der Waals surface area contributed by atoms with Crippen LogP contribution < -0.4 is 10.1 Å². The highest BCUT2D eigenvalue weighted by Crippen LogP contribution is 2.48. The molecule has 0 heterocycles. The molecule has 1 unspecified atom stereocenters. The molecule has 0 spiro atoms. The number of nitrogens with one attached hydrogen (secondary N) is 1. The molecule has 1 N–H and O–H groups in total. The molecular weight excluding hydrogens is 258 g/mol. The smallest absolute Gasteiger partial charge is 0.120 e. The SMILES string of the molecule is CCNC(c1ccc(OC)cc1Cl)C1(C)CCCC1. The summed E-state index contributed by atoms with van der Waals surface area (Å²) in [6.07, 6.45) is 5.19. The van der Waals surface area contributed by atoms with Crippen LogP contribution in [0, 0.1) is 5.41 Å². The fourth-order valence-corrected chi connectivity index (χ4v) is 3.56. The van der Waals surface area contributed by atoms with E-state index in [2.05, 4.69) is 25.2 Å². The highest BCUT2D eigenvalue weighted by molar-refractivity contribution is 6.31. The van der Waals surface area contributed by atoms with Gasteiger partial charge in [-0.15, -0.1) is 0 Å². The van der Waals surface area contributed by atoms with Gasteiger partial charge in [0.15, 0.2) is 0 Å². The monoisotopic (exact) mass is 281 g/mol. The largest absolute Gasteiger partial charge is 0.497 e. The van der Waals surface area contributed by atoms with Crippen LogP contribution in [0.25, 0.3) is 0 Å². The number of halogens is 1. The van der Waals surface area contributed by atoms with Crippen molar-refractivity contribution in [1.82, 2.24) is 5.32 Å². The van der Waals surface area contributed by atoms with Crippen LogP contribution in [0.3, 0.4) is 0 Å². The van der Waals surface area contributed by atoms with Crippen LogP contribution in [0.2, 0.25) is 5.02 Å².